The van der Waals surface area contributed by atoms with Gasteiger partial charge in [0.1, 0.15) is 0 Å². The highest BCUT2D eigenvalue weighted by Crippen LogP contribution is 2.04. The van der Waals surface area contributed by atoms with Crippen LogP contribution in [-0.2, 0) is 23.8 Å². The number of carbonyl (C=O) groups is 2. The van der Waals surface area contributed by atoms with Gasteiger partial charge in [-0.2, -0.15) is 0 Å². The zero-order chi connectivity index (χ0) is 14.1. The average Bonchev–Trinajstić information content (AvgIpc) is 2.43. The van der Waals surface area contributed by atoms with Gasteiger partial charge in [0.2, 0.25) is 0 Å². The van der Waals surface area contributed by atoms with E-state index in [0.29, 0.717) is 6.61 Å². The Morgan fingerprint density at radius 1 is 1.26 bits per heavy atom. The van der Waals surface area contributed by atoms with E-state index >= 15 is 0 Å². The molecule has 0 amide bonds. The molecule has 0 aliphatic carbocycles. The molecule has 0 saturated carbocycles. The van der Waals surface area contributed by atoms with Gasteiger partial charge in [-0.15, -0.1) is 0 Å². The van der Waals surface area contributed by atoms with Crippen molar-refractivity contribution in [2.45, 2.75) is 6.92 Å². The largest absolute Gasteiger partial charge is 0.466 e. The van der Waals surface area contributed by atoms with E-state index in [-0.39, 0.29) is 5.92 Å². The van der Waals surface area contributed by atoms with Crippen LogP contribution >= 0.6 is 0 Å². The molecule has 1 aliphatic rings. The number of morpholine rings is 1. The molecule has 1 fully saturated rings. The number of esters is 2. The topological polar surface area (TPSA) is 65.1 Å². The van der Waals surface area contributed by atoms with Crippen molar-refractivity contribution in [2.75, 3.05) is 46.6 Å². The third-order valence-electron chi connectivity index (χ3n) is 2.74. The summed E-state index contributed by atoms with van der Waals surface area (Å²) < 4.78 is 14.7. The lowest BCUT2D eigenvalue weighted by Crippen LogP contribution is -2.39. The number of hydrogen-bond donors (Lipinski definition) is 0. The molecule has 1 atom stereocenters. The minimum atomic E-state index is -0.571. The highest BCUT2D eigenvalue weighted by molar-refractivity contribution is 5.91. The Balaban J connectivity index is 2.18. The first-order chi connectivity index (χ1) is 9.11. The van der Waals surface area contributed by atoms with Gasteiger partial charge in [0.25, 0.3) is 0 Å². The molecule has 0 bridgehead atoms. The van der Waals surface area contributed by atoms with Gasteiger partial charge in [0, 0.05) is 37.7 Å². The van der Waals surface area contributed by atoms with E-state index < -0.39 is 11.9 Å². The Bertz CT molecular complexity index is 323. The molecule has 0 radical (unpaired) electrons. The van der Waals surface area contributed by atoms with Gasteiger partial charge in [0.15, 0.2) is 0 Å². The molecule has 0 unspecified atom stereocenters. The quantitative estimate of drug-likeness (QED) is 0.509. The van der Waals surface area contributed by atoms with E-state index in [1.165, 1.54) is 7.11 Å². The second kappa shape index (κ2) is 8.66. The molecule has 0 aromatic carbocycles. The number of ether oxygens (including phenoxy) is 3. The third-order valence-corrected chi connectivity index (χ3v) is 2.74. The molecule has 0 aromatic rings. The maximum absolute atomic E-state index is 11.3. The number of carbonyl (C=O) groups excluding carboxylic acids is 2. The monoisotopic (exact) mass is 271 g/mol. The van der Waals surface area contributed by atoms with Crippen molar-refractivity contribution in [1.29, 1.82) is 0 Å². The van der Waals surface area contributed by atoms with Gasteiger partial charge < -0.3 is 14.2 Å². The van der Waals surface area contributed by atoms with E-state index in [2.05, 4.69) is 9.64 Å². The molecule has 0 N–H and O–H groups in total. The second-order valence-corrected chi connectivity index (χ2v) is 4.50. The number of rotatable bonds is 6. The summed E-state index contributed by atoms with van der Waals surface area (Å²) in [5, 5.41) is 0. The molecule has 6 heteroatoms. The van der Waals surface area contributed by atoms with Crippen LogP contribution in [0, 0.1) is 5.92 Å². The minimum Gasteiger partial charge on any atom is -0.466 e. The predicted octanol–water partition coefficient (Wildman–Crippen LogP) is 0.227. The minimum absolute atomic E-state index is 0.244. The summed E-state index contributed by atoms with van der Waals surface area (Å²) in [6, 6.07) is 0. The molecular formula is C13H21NO5. The normalized spacial score (nSPS) is 18.2. The highest BCUT2D eigenvalue weighted by Gasteiger charge is 2.14. The molecule has 1 aliphatic heterocycles. The van der Waals surface area contributed by atoms with Crippen LogP contribution < -0.4 is 0 Å². The first kappa shape index (κ1) is 15.7. The van der Waals surface area contributed by atoms with E-state index in [9.17, 15) is 9.59 Å². The zero-order valence-electron chi connectivity index (χ0n) is 11.5. The van der Waals surface area contributed by atoms with Crippen molar-refractivity contribution in [3.05, 3.63) is 12.2 Å². The van der Waals surface area contributed by atoms with Crippen LogP contribution in [0.4, 0.5) is 0 Å². The molecule has 19 heavy (non-hydrogen) atoms. The molecule has 1 saturated heterocycles. The number of hydrogen-bond acceptors (Lipinski definition) is 6. The Hall–Kier alpha value is -1.40. The fourth-order valence-electron chi connectivity index (χ4n) is 1.75. The third kappa shape index (κ3) is 6.93. The maximum atomic E-state index is 11.3. The number of methoxy groups -OCH3 is 1. The molecular weight excluding hydrogens is 250 g/mol. The van der Waals surface area contributed by atoms with Gasteiger partial charge in [-0.05, 0) is 0 Å². The smallest absolute Gasteiger partial charge is 0.331 e. The number of nitrogens with zero attached hydrogens (tertiary/aromatic N) is 1. The van der Waals surface area contributed by atoms with Crippen molar-refractivity contribution in [2.24, 2.45) is 5.92 Å². The Morgan fingerprint density at radius 2 is 1.89 bits per heavy atom. The molecule has 6 nitrogen and oxygen atoms in total. The molecule has 108 valence electrons. The summed E-state index contributed by atoms with van der Waals surface area (Å²) >= 11 is 0. The van der Waals surface area contributed by atoms with E-state index in [4.69, 9.17) is 9.47 Å². The predicted molar refractivity (Wildman–Crippen MR) is 68.5 cm³/mol. The SMILES string of the molecule is COC(=O)/C=C/C(=O)OC[C@H](C)CN1CCOCC1. The van der Waals surface area contributed by atoms with Crippen LogP contribution in [0.2, 0.25) is 0 Å². The van der Waals surface area contributed by atoms with Gasteiger partial charge in [0.05, 0.1) is 26.9 Å². The molecule has 0 spiro atoms. The van der Waals surface area contributed by atoms with Crippen LogP contribution in [0.3, 0.4) is 0 Å². The summed E-state index contributed by atoms with van der Waals surface area (Å²) in [5.41, 5.74) is 0. The maximum Gasteiger partial charge on any atom is 0.331 e. The van der Waals surface area contributed by atoms with Gasteiger partial charge in [-0.1, -0.05) is 6.92 Å². The Morgan fingerprint density at radius 3 is 2.53 bits per heavy atom. The first-order valence-electron chi connectivity index (χ1n) is 6.34. The van der Waals surface area contributed by atoms with Crippen LogP contribution in [0.15, 0.2) is 12.2 Å². The summed E-state index contributed by atoms with van der Waals surface area (Å²) in [6.45, 7) is 6.58. The van der Waals surface area contributed by atoms with Crippen molar-refractivity contribution in [3.63, 3.8) is 0 Å². The highest BCUT2D eigenvalue weighted by atomic mass is 16.5. The fourth-order valence-corrected chi connectivity index (χ4v) is 1.75. The van der Waals surface area contributed by atoms with Gasteiger partial charge in [-0.25, -0.2) is 9.59 Å². The van der Waals surface area contributed by atoms with Gasteiger partial charge in [-0.3, -0.25) is 4.90 Å². The van der Waals surface area contributed by atoms with E-state index in [0.717, 1.165) is 45.0 Å². The lowest BCUT2D eigenvalue weighted by atomic mass is 10.2. The Labute approximate surface area is 113 Å². The summed E-state index contributed by atoms with van der Waals surface area (Å²) in [6.07, 6.45) is 2.13. The van der Waals surface area contributed by atoms with Crippen molar-refractivity contribution in [1.82, 2.24) is 4.90 Å². The summed E-state index contributed by atoms with van der Waals surface area (Å²) in [4.78, 5) is 24.4. The standard InChI is InChI=1S/C13H21NO5/c1-11(9-14-5-7-18-8-6-14)10-19-13(16)4-3-12(15)17-2/h3-4,11H,5-10H2,1-2H3/b4-3+/t11-/m1/s1. The van der Waals surface area contributed by atoms with Crippen LogP contribution in [0.5, 0.6) is 0 Å². The molecule has 1 rings (SSSR count). The van der Waals surface area contributed by atoms with Crippen molar-refractivity contribution < 1.29 is 23.8 Å². The second-order valence-electron chi connectivity index (χ2n) is 4.50. The lowest BCUT2D eigenvalue weighted by Gasteiger charge is -2.28. The van der Waals surface area contributed by atoms with Gasteiger partial charge >= 0.3 is 11.9 Å². The van der Waals surface area contributed by atoms with Crippen molar-refractivity contribution in [3.8, 4) is 0 Å². The van der Waals surface area contributed by atoms with Crippen LogP contribution in [-0.4, -0.2) is 63.4 Å². The van der Waals surface area contributed by atoms with Crippen LogP contribution in [0.1, 0.15) is 6.92 Å². The molecule has 0 aromatic heterocycles. The first-order valence-corrected chi connectivity index (χ1v) is 6.34. The van der Waals surface area contributed by atoms with Crippen LogP contribution in [0.25, 0.3) is 0 Å². The summed E-state index contributed by atoms with van der Waals surface area (Å²) in [5.74, 6) is -0.855. The molecule has 1 heterocycles. The lowest BCUT2D eigenvalue weighted by molar-refractivity contribution is -0.140. The fraction of sp³-hybridized carbons (Fsp3) is 0.692. The Kier molecular flexibility index (Phi) is 7.14. The zero-order valence-corrected chi connectivity index (χ0v) is 11.5. The average molecular weight is 271 g/mol. The van der Waals surface area contributed by atoms with E-state index in [1.54, 1.807) is 0 Å². The van der Waals surface area contributed by atoms with E-state index in [1.807, 2.05) is 6.92 Å². The summed E-state index contributed by atoms with van der Waals surface area (Å²) in [7, 11) is 1.25. The van der Waals surface area contributed by atoms with Crippen molar-refractivity contribution >= 4 is 11.9 Å².